The van der Waals surface area contributed by atoms with Gasteiger partial charge >= 0.3 is 6.18 Å². The number of hydrogen-bond acceptors (Lipinski definition) is 7. The highest BCUT2D eigenvalue weighted by molar-refractivity contribution is 7.92. The molecule has 0 unspecified atom stereocenters. The minimum Gasteiger partial charge on any atom is -0.381 e. The Kier molecular flexibility index (Phi) is 7.67. The van der Waals surface area contributed by atoms with Crippen molar-refractivity contribution in [1.29, 1.82) is 0 Å². The summed E-state index contributed by atoms with van der Waals surface area (Å²) in [4.78, 5) is 15.3. The van der Waals surface area contributed by atoms with Crippen molar-refractivity contribution < 1.29 is 26.3 Å². The molecular weight excluding hydrogens is 545 g/mol. The maximum atomic E-state index is 13.0. The molecule has 0 bridgehead atoms. The lowest BCUT2D eigenvalue weighted by Gasteiger charge is -2.39. The van der Waals surface area contributed by atoms with Crippen molar-refractivity contribution in [3.05, 3.63) is 51.4 Å². The van der Waals surface area contributed by atoms with Gasteiger partial charge in [-0.1, -0.05) is 11.6 Å². The van der Waals surface area contributed by atoms with Crippen LogP contribution in [-0.2, 0) is 20.8 Å². The van der Waals surface area contributed by atoms with Gasteiger partial charge in [-0.15, -0.1) is 0 Å². The predicted molar refractivity (Wildman–Crippen MR) is 139 cm³/mol. The summed E-state index contributed by atoms with van der Waals surface area (Å²) in [6.07, 6.45) is 2.02. The van der Waals surface area contributed by atoms with Crippen LogP contribution in [0.2, 0.25) is 5.02 Å². The van der Waals surface area contributed by atoms with Crippen molar-refractivity contribution in [1.82, 2.24) is 9.78 Å². The van der Waals surface area contributed by atoms with Gasteiger partial charge in [0, 0.05) is 24.3 Å². The van der Waals surface area contributed by atoms with Crippen LogP contribution in [-0.4, -0.2) is 61.0 Å². The monoisotopic (exact) mass is 574 g/mol. The van der Waals surface area contributed by atoms with Gasteiger partial charge in [-0.2, -0.15) is 18.3 Å². The van der Waals surface area contributed by atoms with E-state index in [0.29, 0.717) is 18.9 Å². The molecule has 2 aliphatic carbocycles. The van der Waals surface area contributed by atoms with E-state index in [1.54, 1.807) is 12.1 Å². The summed E-state index contributed by atoms with van der Waals surface area (Å²) in [5, 5.41) is 6.51. The molecule has 13 heteroatoms. The molecule has 0 radical (unpaired) electrons. The van der Waals surface area contributed by atoms with Gasteiger partial charge in [-0.05, 0) is 62.8 Å². The van der Waals surface area contributed by atoms with Gasteiger partial charge in [0.1, 0.15) is 10.3 Å². The molecule has 2 saturated carbocycles. The van der Waals surface area contributed by atoms with E-state index < -0.39 is 32.4 Å². The summed E-state index contributed by atoms with van der Waals surface area (Å²) in [6, 6.07) is 5.72. The summed E-state index contributed by atoms with van der Waals surface area (Å²) in [7, 11) is -3.27. The number of alkyl halides is 3. The zero-order chi connectivity index (χ0) is 27.1. The lowest BCUT2D eigenvalue weighted by atomic mass is 9.89. The third-order valence-corrected chi connectivity index (χ3v) is 10.0. The van der Waals surface area contributed by atoms with Gasteiger partial charge < -0.3 is 15.0 Å². The Bertz CT molecular complexity index is 1310. The van der Waals surface area contributed by atoms with Crippen molar-refractivity contribution in [2.24, 2.45) is 0 Å². The third-order valence-electron chi connectivity index (χ3n) is 7.63. The summed E-state index contributed by atoms with van der Waals surface area (Å²) in [5.41, 5.74) is -0.0213. The number of nitrogens with zero attached hydrogens (tertiary/aromatic N) is 3. The summed E-state index contributed by atoms with van der Waals surface area (Å²) >= 11 is 6.36. The zero-order valence-corrected chi connectivity index (χ0v) is 22.2. The van der Waals surface area contributed by atoms with Crippen molar-refractivity contribution >= 4 is 32.8 Å². The van der Waals surface area contributed by atoms with Crippen LogP contribution in [0.4, 0.5) is 24.5 Å². The molecule has 1 atom stereocenters. The molecule has 0 spiro atoms. The maximum absolute atomic E-state index is 13.0. The highest BCUT2D eigenvalue weighted by Crippen LogP contribution is 2.40. The van der Waals surface area contributed by atoms with Gasteiger partial charge in [0.05, 0.1) is 42.5 Å². The van der Waals surface area contributed by atoms with E-state index in [0.717, 1.165) is 43.5 Å². The molecular formula is C25H30ClF3N4O4S. The highest BCUT2D eigenvalue weighted by Gasteiger charge is 2.38. The fraction of sp³-hybridized carbons (Fsp3) is 0.600. The molecule has 208 valence electrons. The SMILES string of the molecule is O=c1c(Cl)c(NC[C@@H]2COCCS2(=O)=O)cnn1[C@H]1CC[C@H](N(c2ccc(C(F)(F)F)cc2)C2CC2)CC1. The first kappa shape index (κ1) is 27.3. The Balaban J connectivity index is 1.23. The second kappa shape index (κ2) is 10.7. The van der Waals surface area contributed by atoms with Crippen LogP contribution in [0, 0.1) is 0 Å². The van der Waals surface area contributed by atoms with Crippen LogP contribution in [0.5, 0.6) is 0 Å². The van der Waals surface area contributed by atoms with E-state index in [1.165, 1.54) is 10.9 Å². The van der Waals surface area contributed by atoms with Gasteiger partial charge in [0.25, 0.3) is 5.56 Å². The predicted octanol–water partition coefficient (Wildman–Crippen LogP) is 4.29. The first-order valence-corrected chi connectivity index (χ1v) is 14.9. The molecule has 1 aromatic carbocycles. The molecule has 0 amide bonds. The Hall–Kier alpha value is -2.31. The molecule has 1 aliphatic heterocycles. The molecule has 8 nitrogen and oxygen atoms in total. The molecule has 3 fully saturated rings. The van der Waals surface area contributed by atoms with Crippen molar-refractivity contribution in [2.75, 3.05) is 35.7 Å². The topological polar surface area (TPSA) is 93.5 Å². The maximum Gasteiger partial charge on any atom is 0.416 e. The minimum absolute atomic E-state index is 0.0351. The lowest BCUT2D eigenvalue weighted by Crippen LogP contribution is -2.42. The minimum atomic E-state index is -4.37. The van der Waals surface area contributed by atoms with E-state index in [9.17, 15) is 26.4 Å². The average molecular weight is 575 g/mol. The molecule has 1 N–H and O–H groups in total. The number of nitrogens with one attached hydrogen (secondary N) is 1. The number of rotatable bonds is 7. The molecule has 38 heavy (non-hydrogen) atoms. The Morgan fingerprint density at radius 2 is 1.71 bits per heavy atom. The molecule has 1 saturated heterocycles. The van der Waals surface area contributed by atoms with Crippen LogP contribution in [0.25, 0.3) is 0 Å². The number of benzene rings is 1. The summed E-state index contributed by atoms with van der Waals surface area (Å²) in [6.45, 7) is 0.340. The van der Waals surface area contributed by atoms with Crippen LogP contribution in [0.15, 0.2) is 35.3 Å². The van der Waals surface area contributed by atoms with Gasteiger partial charge in [-0.25, -0.2) is 13.1 Å². The van der Waals surface area contributed by atoms with Crippen LogP contribution < -0.4 is 15.8 Å². The Morgan fingerprint density at radius 3 is 2.29 bits per heavy atom. The number of hydrogen-bond donors (Lipinski definition) is 1. The van der Waals surface area contributed by atoms with Crippen molar-refractivity contribution in [3.63, 3.8) is 0 Å². The molecule has 5 rings (SSSR count). The van der Waals surface area contributed by atoms with Crippen LogP contribution in [0.1, 0.15) is 50.1 Å². The molecule has 2 aromatic rings. The van der Waals surface area contributed by atoms with Gasteiger partial charge in [-0.3, -0.25) is 4.79 Å². The zero-order valence-electron chi connectivity index (χ0n) is 20.7. The first-order chi connectivity index (χ1) is 18.0. The number of sulfone groups is 1. The number of aromatic nitrogens is 2. The first-order valence-electron chi connectivity index (χ1n) is 12.8. The number of ether oxygens (including phenoxy) is 1. The fourth-order valence-corrected chi connectivity index (χ4v) is 6.90. The quantitative estimate of drug-likeness (QED) is 0.527. The van der Waals surface area contributed by atoms with Crippen LogP contribution in [0.3, 0.4) is 0 Å². The van der Waals surface area contributed by atoms with E-state index >= 15 is 0 Å². The standard InChI is InChI=1S/C25H30ClF3N4O4S/c26-23-22(30-13-21-15-37-11-12-38(21,35)36)14-31-33(24(23)34)20-9-7-19(8-10-20)32(18-5-6-18)17-3-1-16(2-4-17)25(27,28)29/h1-4,14,18-21,30H,5-13,15H2/t19-,20-,21-/m1/s1. The second-order valence-corrected chi connectivity index (χ2v) is 13.0. The van der Waals surface area contributed by atoms with Crippen molar-refractivity contribution in [3.8, 4) is 0 Å². The van der Waals surface area contributed by atoms with Gasteiger partial charge in [0.2, 0.25) is 0 Å². The molecule has 2 heterocycles. The Labute approximate surface area is 224 Å². The van der Waals surface area contributed by atoms with Gasteiger partial charge in [0.15, 0.2) is 9.84 Å². The summed E-state index contributed by atoms with van der Waals surface area (Å²) < 4.78 is 70.1. The van der Waals surface area contributed by atoms with E-state index in [2.05, 4.69) is 15.3 Å². The largest absolute Gasteiger partial charge is 0.416 e. The molecule has 3 aliphatic rings. The third kappa shape index (κ3) is 5.81. The average Bonchev–Trinajstić information content (AvgIpc) is 3.71. The van der Waals surface area contributed by atoms with E-state index in [4.69, 9.17) is 16.3 Å². The van der Waals surface area contributed by atoms with E-state index in [-0.39, 0.29) is 48.3 Å². The fourth-order valence-electron chi connectivity index (χ4n) is 5.37. The highest BCUT2D eigenvalue weighted by atomic mass is 35.5. The summed E-state index contributed by atoms with van der Waals surface area (Å²) in [5.74, 6) is -0.0351. The smallest absolute Gasteiger partial charge is 0.381 e. The van der Waals surface area contributed by atoms with Crippen molar-refractivity contribution in [2.45, 2.75) is 68.1 Å². The Morgan fingerprint density at radius 1 is 1.08 bits per heavy atom. The number of anilines is 2. The number of halogens is 4. The lowest BCUT2D eigenvalue weighted by molar-refractivity contribution is -0.137. The van der Waals surface area contributed by atoms with E-state index in [1.807, 2.05) is 0 Å². The molecule has 1 aromatic heterocycles. The second-order valence-electron chi connectivity index (χ2n) is 10.2. The van der Waals surface area contributed by atoms with Crippen LogP contribution >= 0.6 is 11.6 Å². The normalized spacial score (nSPS) is 25.6.